The maximum absolute atomic E-state index is 5.63. The van der Waals surface area contributed by atoms with Crippen LogP contribution in [-0.4, -0.2) is 30.6 Å². The molecule has 4 nitrogen and oxygen atoms in total. The van der Waals surface area contributed by atoms with Crippen molar-refractivity contribution >= 4 is 5.90 Å². The third kappa shape index (κ3) is 2.79. The van der Waals surface area contributed by atoms with E-state index in [2.05, 4.69) is 22.1 Å². The largest absolute Gasteiger partial charge is 0.497 e. The monoisotopic (exact) mass is 268 g/mol. The van der Waals surface area contributed by atoms with E-state index in [0.29, 0.717) is 12.5 Å². The summed E-state index contributed by atoms with van der Waals surface area (Å²) in [6.07, 6.45) is 2.61. The fraction of sp³-hybridized carbons (Fsp3) is 0.250. The van der Waals surface area contributed by atoms with Crippen LogP contribution in [0.15, 0.2) is 53.7 Å². The van der Waals surface area contributed by atoms with Gasteiger partial charge in [-0.15, -0.1) is 0 Å². The molecule has 0 spiro atoms. The van der Waals surface area contributed by atoms with Gasteiger partial charge in [-0.25, -0.2) is 4.99 Å². The zero-order valence-corrected chi connectivity index (χ0v) is 11.3. The van der Waals surface area contributed by atoms with Crippen molar-refractivity contribution in [3.8, 4) is 5.75 Å². The molecule has 0 unspecified atom stereocenters. The second-order valence-electron chi connectivity index (χ2n) is 4.67. The first kappa shape index (κ1) is 12.7. The van der Waals surface area contributed by atoms with Gasteiger partial charge in [-0.3, -0.25) is 4.98 Å². The third-order valence-electron chi connectivity index (χ3n) is 3.23. The molecular weight excluding hydrogens is 252 g/mol. The highest BCUT2D eigenvalue weighted by molar-refractivity contribution is 5.93. The lowest BCUT2D eigenvalue weighted by Crippen LogP contribution is -2.09. The lowest BCUT2D eigenvalue weighted by molar-refractivity contribution is 0.316. The van der Waals surface area contributed by atoms with Gasteiger partial charge in [0.05, 0.1) is 13.2 Å². The van der Waals surface area contributed by atoms with Gasteiger partial charge in [-0.1, -0.05) is 18.2 Å². The van der Waals surface area contributed by atoms with E-state index in [1.807, 2.05) is 30.3 Å². The molecular formula is C16H16N2O2. The Labute approximate surface area is 118 Å². The van der Waals surface area contributed by atoms with Gasteiger partial charge in [0.2, 0.25) is 5.90 Å². The van der Waals surface area contributed by atoms with Crippen molar-refractivity contribution in [3.05, 3.63) is 59.9 Å². The average Bonchev–Trinajstić information content (AvgIpc) is 2.97. The van der Waals surface area contributed by atoms with Crippen LogP contribution in [0.25, 0.3) is 0 Å². The van der Waals surface area contributed by atoms with Crippen LogP contribution in [0.4, 0.5) is 0 Å². The molecule has 4 heteroatoms. The summed E-state index contributed by atoms with van der Waals surface area (Å²) in [6, 6.07) is 13.9. The first-order valence-corrected chi connectivity index (χ1v) is 6.60. The van der Waals surface area contributed by atoms with Crippen molar-refractivity contribution in [1.29, 1.82) is 0 Å². The van der Waals surface area contributed by atoms with Crippen molar-refractivity contribution < 1.29 is 9.47 Å². The van der Waals surface area contributed by atoms with Crippen LogP contribution in [0.1, 0.15) is 11.3 Å². The van der Waals surface area contributed by atoms with E-state index in [0.717, 1.165) is 17.9 Å². The van der Waals surface area contributed by atoms with Crippen LogP contribution in [0, 0.1) is 0 Å². The maximum Gasteiger partial charge on any atom is 0.235 e. The third-order valence-corrected chi connectivity index (χ3v) is 3.23. The highest BCUT2D eigenvalue weighted by atomic mass is 16.5. The topological polar surface area (TPSA) is 43.7 Å². The number of ether oxygens (including phenoxy) is 2. The minimum Gasteiger partial charge on any atom is -0.497 e. The smallest absolute Gasteiger partial charge is 0.235 e. The molecule has 2 heterocycles. The lowest BCUT2D eigenvalue weighted by atomic mass is 10.1. The summed E-state index contributed by atoms with van der Waals surface area (Å²) < 4.78 is 10.8. The van der Waals surface area contributed by atoms with Crippen LogP contribution in [0.2, 0.25) is 0 Å². The molecule has 1 atom stereocenters. The highest BCUT2D eigenvalue weighted by Crippen LogP contribution is 2.17. The van der Waals surface area contributed by atoms with E-state index in [9.17, 15) is 0 Å². The Morgan fingerprint density at radius 1 is 1.20 bits per heavy atom. The van der Waals surface area contributed by atoms with Gasteiger partial charge in [0.15, 0.2) is 0 Å². The van der Waals surface area contributed by atoms with E-state index in [1.165, 1.54) is 5.56 Å². The summed E-state index contributed by atoms with van der Waals surface area (Å²) in [5.41, 5.74) is 2.02. The molecule has 1 aromatic heterocycles. The van der Waals surface area contributed by atoms with Crippen LogP contribution < -0.4 is 4.74 Å². The lowest BCUT2D eigenvalue weighted by Gasteiger charge is -2.06. The molecule has 0 amide bonds. The Bertz CT molecular complexity index is 594. The summed E-state index contributed by atoms with van der Waals surface area (Å²) in [5, 5.41) is 0. The van der Waals surface area contributed by atoms with E-state index in [4.69, 9.17) is 9.47 Å². The number of nitrogens with zero attached hydrogens (tertiary/aromatic N) is 2. The normalized spacial score (nSPS) is 17.4. The van der Waals surface area contributed by atoms with Crippen molar-refractivity contribution in [3.63, 3.8) is 0 Å². The molecule has 0 bridgehead atoms. The first-order valence-electron chi connectivity index (χ1n) is 6.60. The number of pyridine rings is 1. The van der Waals surface area contributed by atoms with Gasteiger partial charge in [0, 0.05) is 6.20 Å². The predicted octanol–water partition coefficient (Wildman–Crippen LogP) is 2.48. The predicted molar refractivity (Wildman–Crippen MR) is 77.2 cm³/mol. The molecule has 0 N–H and O–H groups in total. The summed E-state index contributed by atoms with van der Waals surface area (Å²) in [5.74, 6) is 1.51. The fourth-order valence-corrected chi connectivity index (χ4v) is 2.18. The van der Waals surface area contributed by atoms with Crippen molar-refractivity contribution in [2.24, 2.45) is 4.99 Å². The molecule has 0 saturated heterocycles. The van der Waals surface area contributed by atoms with Gasteiger partial charge in [0.25, 0.3) is 0 Å². The number of methoxy groups -OCH3 is 1. The van der Waals surface area contributed by atoms with Crippen molar-refractivity contribution in [2.75, 3.05) is 13.7 Å². The van der Waals surface area contributed by atoms with Crippen LogP contribution >= 0.6 is 0 Å². The van der Waals surface area contributed by atoms with Crippen molar-refractivity contribution in [1.82, 2.24) is 4.98 Å². The molecule has 0 saturated carbocycles. The molecule has 0 aliphatic carbocycles. The number of benzene rings is 1. The van der Waals surface area contributed by atoms with Gasteiger partial charge >= 0.3 is 0 Å². The molecule has 2 aromatic rings. The Morgan fingerprint density at radius 2 is 2.05 bits per heavy atom. The highest BCUT2D eigenvalue weighted by Gasteiger charge is 2.20. The molecule has 1 aromatic carbocycles. The number of aliphatic imine (C=N–C) groups is 1. The molecule has 0 fully saturated rings. The number of aromatic nitrogens is 1. The van der Waals surface area contributed by atoms with E-state index in [-0.39, 0.29) is 6.04 Å². The minimum atomic E-state index is 0.153. The van der Waals surface area contributed by atoms with Crippen LogP contribution in [0.5, 0.6) is 5.75 Å². The Morgan fingerprint density at radius 3 is 2.75 bits per heavy atom. The second-order valence-corrected chi connectivity index (χ2v) is 4.67. The Kier molecular flexibility index (Phi) is 3.63. The summed E-state index contributed by atoms with van der Waals surface area (Å²) in [4.78, 5) is 8.85. The maximum atomic E-state index is 5.63. The number of hydrogen-bond donors (Lipinski definition) is 0. The average molecular weight is 268 g/mol. The fourth-order valence-electron chi connectivity index (χ4n) is 2.18. The van der Waals surface area contributed by atoms with Gasteiger partial charge < -0.3 is 9.47 Å². The SMILES string of the molecule is COc1ccc(C[C@H]2COC(c3ccccn3)=N2)cc1. The van der Waals surface area contributed by atoms with E-state index >= 15 is 0 Å². The van der Waals surface area contributed by atoms with Gasteiger partial charge in [-0.05, 0) is 36.2 Å². The minimum absolute atomic E-state index is 0.153. The summed E-state index contributed by atoms with van der Waals surface area (Å²) >= 11 is 0. The van der Waals surface area contributed by atoms with Crippen molar-refractivity contribution in [2.45, 2.75) is 12.5 Å². The molecule has 0 radical (unpaired) electrons. The molecule has 20 heavy (non-hydrogen) atoms. The quantitative estimate of drug-likeness (QED) is 0.855. The zero-order chi connectivity index (χ0) is 13.8. The Balaban J connectivity index is 1.68. The van der Waals surface area contributed by atoms with Gasteiger partial charge in [-0.2, -0.15) is 0 Å². The van der Waals surface area contributed by atoms with Crippen LogP contribution in [0.3, 0.4) is 0 Å². The molecule has 102 valence electrons. The molecule has 1 aliphatic heterocycles. The number of rotatable bonds is 4. The summed E-state index contributed by atoms with van der Waals surface area (Å²) in [7, 11) is 1.67. The van der Waals surface area contributed by atoms with Crippen LogP contribution in [-0.2, 0) is 11.2 Å². The van der Waals surface area contributed by atoms with E-state index in [1.54, 1.807) is 13.3 Å². The second kappa shape index (κ2) is 5.74. The first-order chi connectivity index (χ1) is 9.85. The zero-order valence-electron chi connectivity index (χ0n) is 11.3. The molecule has 3 rings (SSSR count). The molecule has 1 aliphatic rings. The number of hydrogen-bond acceptors (Lipinski definition) is 4. The van der Waals surface area contributed by atoms with Gasteiger partial charge in [0.1, 0.15) is 18.1 Å². The Hall–Kier alpha value is -2.36. The van der Waals surface area contributed by atoms with E-state index < -0.39 is 0 Å². The summed E-state index contributed by atoms with van der Waals surface area (Å²) in [6.45, 7) is 0.609. The standard InChI is InChI=1S/C16H16N2O2/c1-19-14-7-5-12(6-8-14)10-13-11-20-16(18-13)15-4-2-3-9-17-15/h2-9,13H,10-11H2,1H3/t13-/m0/s1.